The molecule has 4 bridgehead atoms. The molecule has 8 heteroatoms. The maximum Gasteiger partial charge on any atom is 0.332 e. The Bertz CT molecular complexity index is 1060. The van der Waals surface area contributed by atoms with Crippen molar-refractivity contribution in [3.63, 3.8) is 0 Å². The largest absolute Gasteiger partial charge is 0.370 e. The Balaban J connectivity index is 1.64. The first-order valence-electron chi connectivity index (χ1n) is 10.5. The zero-order valence-corrected chi connectivity index (χ0v) is 16.2. The van der Waals surface area contributed by atoms with Gasteiger partial charge in [-0.25, -0.2) is 9.78 Å². The van der Waals surface area contributed by atoms with Crippen molar-refractivity contribution in [2.75, 3.05) is 0 Å². The lowest BCUT2D eigenvalue weighted by molar-refractivity contribution is -0.118. The third kappa shape index (κ3) is 2.49. The van der Waals surface area contributed by atoms with Crippen LogP contribution in [0.4, 0.5) is 0 Å². The number of hydrogen-bond donors (Lipinski definition) is 2. The minimum absolute atomic E-state index is 0.0416. The summed E-state index contributed by atoms with van der Waals surface area (Å²) in [5, 5.41) is 0. The predicted molar refractivity (Wildman–Crippen MR) is 104 cm³/mol. The molecule has 28 heavy (non-hydrogen) atoms. The molecular formula is C20H27N5O3. The molecule has 4 fully saturated rings. The lowest BCUT2D eigenvalue weighted by Gasteiger charge is -2.30. The average Bonchev–Trinajstić information content (AvgIpc) is 3.27. The van der Waals surface area contributed by atoms with Gasteiger partial charge in [0, 0.05) is 25.4 Å². The van der Waals surface area contributed by atoms with E-state index in [0.717, 1.165) is 17.7 Å². The number of fused-ring (bicyclic) bond motifs is 1. The topological polar surface area (TPSA) is 116 Å². The van der Waals surface area contributed by atoms with Crippen LogP contribution in [0.25, 0.3) is 11.2 Å². The summed E-state index contributed by atoms with van der Waals surface area (Å²) in [6.07, 6.45) is 5.83. The number of rotatable bonds is 6. The number of nitrogens with two attached hydrogens (primary N) is 1. The van der Waals surface area contributed by atoms with Gasteiger partial charge in [0.1, 0.15) is 11.3 Å². The molecule has 4 saturated carbocycles. The maximum atomic E-state index is 13.0. The molecule has 0 saturated heterocycles. The molecule has 150 valence electrons. The highest BCUT2D eigenvalue weighted by Gasteiger charge is 2.55. The van der Waals surface area contributed by atoms with E-state index in [-0.39, 0.29) is 18.5 Å². The second-order valence-electron chi connectivity index (χ2n) is 8.95. The zero-order chi connectivity index (χ0) is 19.6. The van der Waals surface area contributed by atoms with E-state index in [1.54, 1.807) is 0 Å². The van der Waals surface area contributed by atoms with E-state index < -0.39 is 11.6 Å². The monoisotopic (exact) mass is 385 g/mol. The third-order valence-electron chi connectivity index (χ3n) is 7.28. The number of aromatic amines is 1. The average molecular weight is 385 g/mol. The van der Waals surface area contributed by atoms with Crippen LogP contribution in [0, 0.1) is 23.7 Å². The van der Waals surface area contributed by atoms with Crippen molar-refractivity contribution in [2.24, 2.45) is 29.4 Å². The summed E-state index contributed by atoms with van der Waals surface area (Å²) in [6, 6.07) is 0. The summed E-state index contributed by atoms with van der Waals surface area (Å²) in [4.78, 5) is 45.3. The molecule has 4 aliphatic rings. The standard InChI is InChI=1S/C20H27N5O3/c1-2-4-25-19(27)16-18(24(20(25)28)5-3-14(21)26)23-17(22-16)15-12-7-10-6-11(9-12)13(15)8-10/h10-13,15H,2-9H2,1H3,(H2,21,26)(H,22,23). The first kappa shape index (κ1) is 17.7. The first-order chi connectivity index (χ1) is 13.5. The molecule has 6 rings (SSSR count). The number of amides is 1. The van der Waals surface area contributed by atoms with Crippen LogP contribution in [0.2, 0.25) is 0 Å². The number of hydrogen-bond acceptors (Lipinski definition) is 4. The quantitative estimate of drug-likeness (QED) is 0.780. The first-order valence-corrected chi connectivity index (χ1v) is 10.5. The van der Waals surface area contributed by atoms with Gasteiger partial charge < -0.3 is 10.7 Å². The molecule has 0 radical (unpaired) electrons. The van der Waals surface area contributed by atoms with Gasteiger partial charge in [-0.05, 0) is 55.8 Å². The van der Waals surface area contributed by atoms with Crippen molar-refractivity contribution in [1.82, 2.24) is 19.1 Å². The van der Waals surface area contributed by atoms with E-state index in [0.29, 0.717) is 41.9 Å². The van der Waals surface area contributed by atoms with E-state index >= 15 is 0 Å². The van der Waals surface area contributed by atoms with E-state index in [9.17, 15) is 14.4 Å². The van der Waals surface area contributed by atoms with Crippen LogP contribution in [0.15, 0.2) is 9.59 Å². The molecule has 0 aromatic carbocycles. The highest BCUT2D eigenvalue weighted by molar-refractivity contribution is 5.74. The Kier molecular flexibility index (Phi) is 4.00. The highest BCUT2D eigenvalue weighted by Crippen LogP contribution is 2.63. The molecule has 5 unspecified atom stereocenters. The number of H-pyrrole nitrogens is 1. The molecule has 8 nitrogen and oxygen atoms in total. The lowest BCUT2D eigenvalue weighted by atomic mass is 9.75. The molecule has 5 atom stereocenters. The fraction of sp³-hybridized carbons (Fsp3) is 0.700. The van der Waals surface area contributed by atoms with Crippen molar-refractivity contribution < 1.29 is 4.79 Å². The smallest absolute Gasteiger partial charge is 0.332 e. The Morgan fingerprint density at radius 1 is 1.14 bits per heavy atom. The van der Waals surface area contributed by atoms with Crippen LogP contribution >= 0.6 is 0 Å². The highest BCUT2D eigenvalue weighted by atomic mass is 16.2. The van der Waals surface area contributed by atoms with Gasteiger partial charge in [-0.3, -0.25) is 18.7 Å². The van der Waals surface area contributed by atoms with Crippen molar-refractivity contribution in [3.05, 3.63) is 26.7 Å². The number of carbonyl (C=O) groups is 1. The van der Waals surface area contributed by atoms with Crippen molar-refractivity contribution in [1.29, 1.82) is 0 Å². The van der Waals surface area contributed by atoms with Gasteiger partial charge in [-0.15, -0.1) is 0 Å². The predicted octanol–water partition coefficient (Wildman–Crippen LogP) is 1.32. The van der Waals surface area contributed by atoms with Gasteiger partial charge in [-0.1, -0.05) is 6.92 Å². The van der Waals surface area contributed by atoms with Gasteiger partial charge in [0.2, 0.25) is 5.91 Å². The summed E-state index contributed by atoms with van der Waals surface area (Å²) >= 11 is 0. The number of nitrogens with zero attached hydrogens (tertiary/aromatic N) is 3. The van der Waals surface area contributed by atoms with Gasteiger partial charge in [0.25, 0.3) is 5.56 Å². The number of nitrogens with one attached hydrogen (secondary N) is 1. The van der Waals surface area contributed by atoms with Crippen LogP contribution in [0.1, 0.15) is 57.2 Å². The van der Waals surface area contributed by atoms with E-state index in [2.05, 4.69) is 4.98 Å². The van der Waals surface area contributed by atoms with E-state index in [4.69, 9.17) is 10.7 Å². The lowest BCUT2D eigenvalue weighted by Crippen LogP contribution is -2.40. The fourth-order valence-electron chi connectivity index (χ4n) is 6.35. The van der Waals surface area contributed by atoms with Gasteiger partial charge in [-0.2, -0.15) is 0 Å². The summed E-state index contributed by atoms with van der Waals surface area (Å²) in [6.45, 7) is 2.41. The van der Waals surface area contributed by atoms with Gasteiger partial charge >= 0.3 is 5.69 Å². The molecule has 0 spiro atoms. The number of imidazole rings is 1. The van der Waals surface area contributed by atoms with Crippen LogP contribution in [-0.2, 0) is 17.9 Å². The second kappa shape index (κ2) is 6.32. The molecule has 1 amide bonds. The minimum Gasteiger partial charge on any atom is -0.370 e. The molecule has 2 heterocycles. The number of carbonyl (C=O) groups excluding carboxylic acids is 1. The summed E-state index contributed by atoms with van der Waals surface area (Å²) in [5.74, 6) is 3.66. The summed E-state index contributed by atoms with van der Waals surface area (Å²) in [7, 11) is 0. The molecule has 3 N–H and O–H groups in total. The minimum atomic E-state index is -0.478. The van der Waals surface area contributed by atoms with Gasteiger partial charge in [0.05, 0.1) is 0 Å². The van der Waals surface area contributed by atoms with Crippen LogP contribution in [-0.4, -0.2) is 25.0 Å². The van der Waals surface area contributed by atoms with Crippen molar-refractivity contribution >= 4 is 17.1 Å². The van der Waals surface area contributed by atoms with Crippen LogP contribution < -0.4 is 17.0 Å². The molecule has 4 aliphatic carbocycles. The van der Waals surface area contributed by atoms with E-state index in [1.165, 1.54) is 34.8 Å². The third-order valence-corrected chi connectivity index (χ3v) is 7.28. The summed E-state index contributed by atoms with van der Waals surface area (Å²) in [5.41, 5.74) is 5.32. The molecule has 0 aliphatic heterocycles. The summed E-state index contributed by atoms with van der Waals surface area (Å²) < 4.78 is 2.69. The number of aryl methyl sites for hydroxylation is 1. The Morgan fingerprint density at radius 2 is 1.93 bits per heavy atom. The number of aromatic nitrogens is 4. The maximum absolute atomic E-state index is 13.0. The van der Waals surface area contributed by atoms with Gasteiger partial charge in [0.15, 0.2) is 5.65 Å². The molecular weight excluding hydrogens is 358 g/mol. The zero-order valence-electron chi connectivity index (χ0n) is 16.2. The van der Waals surface area contributed by atoms with Crippen LogP contribution in [0.5, 0.6) is 0 Å². The Morgan fingerprint density at radius 3 is 2.64 bits per heavy atom. The molecule has 2 aromatic rings. The van der Waals surface area contributed by atoms with Crippen molar-refractivity contribution in [3.8, 4) is 0 Å². The van der Waals surface area contributed by atoms with Crippen LogP contribution in [0.3, 0.4) is 0 Å². The Labute approximate surface area is 162 Å². The van der Waals surface area contributed by atoms with Crippen molar-refractivity contribution in [2.45, 2.75) is 64.5 Å². The van der Waals surface area contributed by atoms with E-state index in [1.807, 2.05) is 6.92 Å². The Hall–Kier alpha value is -2.38. The fourth-order valence-corrected chi connectivity index (χ4v) is 6.35. The molecule has 2 aromatic heterocycles. The SMILES string of the molecule is CCCn1c(=O)c2[nH]c(C3C4CC5CC(C4)C3C5)nc2n(CCC(N)=O)c1=O. The normalized spacial score (nSPS) is 30.5. The second-order valence-corrected chi connectivity index (χ2v) is 8.95. The number of primary amides is 1.